The zero-order valence-electron chi connectivity index (χ0n) is 10.8. The average Bonchev–Trinajstić information content (AvgIpc) is 2.16. The molecule has 1 N–H and O–H groups in total. The number of halogens is 1. The Kier molecular flexibility index (Phi) is 5.55. The Morgan fingerprint density at radius 3 is 2.62 bits per heavy atom. The van der Waals surface area contributed by atoms with E-state index in [0.717, 1.165) is 5.92 Å². The Balaban J connectivity index is 0.00000128. The molecule has 2 rings (SSSR count). The fraction of sp³-hybridized carbons (Fsp3) is 1.00. The van der Waals surface area contributed by atoms with Gasteiger partial charge in [0.25, 0.3) is 0 Å². The maximum absolute atomic E-state index is 3.32. The van der Waals surface area contributed by atoms with E-state index in [9.17, 15) is 0 Å². The van der Waals surface area contributed by atoms with E-state index in [2.05, 4.69) is 24.2 Å². The summed E-state index contributed by atoms with van der Waals surface area (Å²) in [5, 5.41) is 3.32. The maximum atomic E-state index is 3.32. The zero-order chi connectivity index (χ0) is 10.7. The summed E-state index contributed by atoms with van der Waals surface area (Å²) in [5.74, 6) is 0.896. The predicted molar refractivity (Wildman–Crippen MR) is 72.3 cm³/mol. The van der Waals surface area contributed by atoms with E-state index in [-0.39, 0.29) is 12.4 Å². The highest BCUT2D eigenvalue weighted by Gasteiger charge is 2.34. The largest absolute Gasteiger partial charge is 0.319 e. The van der Waals surface area contributed by atoms with E-state index in [1.807, 2.05) is 0 Å². The third kappa shape index (κ3) is 3.61. The lowest BCUT2D eigenvalue weighted by Crippen LogP contribution is -2.46. The average molecular weight is 247 g/mol. The molecule has 0 radical (unpaired) electrons. The van der Waals surface area contributed by atoms with Crippen molar-refractivity contribution in [1.82, 2.24) is 10.2 Å². The van der Waals surface area contributed by atoms with Crippen LogP contribution >= 0.6 is 12.4 Å². The van der Waals surface area contributed by atoms with E-state index >= 15 is 0 Å². The standard InChI is InChI=1S/C13H26N2.ClH/c1-13(6-4-7-13)11-15-8-3-5-12(10-15)9-14-2;/h12,14H,3-11H2,1-2H3;1H. The summed E-state index contributed by atoms with van der Waals surface area (Å²) in [6, 6.07) is 0. The van der Waals surface area contributed by atoms with Crippen LogP contribution in [0.25, 0.3) is 0 Å². The maximum Gasteiger partial charge on any atom is 0.00354 e. The molecule has 3 heteroatoms. The number of piperidine rings is 1. The Labute approximate surface area is 107 Å². The van der Waals surface area contributed by atoms with E-state index < -0.39 is 0 Å². The molecule has 1 saturated heterocycles. The van der Waals surface area contributed by atoms with Crippen LogP contribution in [0.1, 0.15) is 39.0 Å². The molecule has 2 nitrogen and oxygen atoms in total. The molecule has 1 saturated carbocycles. The number of nitrogens with one attached hydrogen (secondary N) is 1. The van der Waals surface area contributed by atoms with Gasteiger partial charge in [-0.05, 0) is 57.2 Å². The highest BCUT2D eigenvalue weighted by molar-refractivity contribution is 5.85. The number of hydrogen-bond acceptors (Lipinski definition) is 2. The molecule has 1 atom stereocenters. The van der Waals surface area contributed by atoms with E-state index in [4.69, 9.17) is 0 Å². The Morgan fingerprint density at radius 2 is 2.06 bits per heavy atom. The summed E-state index contributed by atoms with van der Waals surface area (Å²) < 4.78 is 0. The van der Waals surface area contributed by atoms with Crippen molar-refractivity contribution in [3.63, 3.8) is 0 Å². The minimum Gasteiger partial charge on any atom is -0.319 e. The van der Waals surface area contributed by atoms with Crippen LogP contribution in [0.5, 0.6) is 0 Å². The molecule has 0 aromatic rings. The molecule has 0 bridgehead atoms. The van der Waals surface area contributed by atoms with Crippen LogP contribution in [0.2, 0.25) is 0 Å². The van der Waals surface area contributed by atoms with Crippen molar-refractivity contribution in [2.75, 3.05) is 33.2 Å². The summed E-state index contributed by atoms with van der Waals surface area (Å²) in [6.07, 6.45) is 7.21. The van der Waals surface area contributed by atoms with Gasteiger partial charge in [0.2, 0.25) is 0 Å². The SMILES string of the molecule is CNCC1CCCN(CC2(C)CCC2)C1.Cl. The Morgan fingerprint density at radius 1 is 1.31 bits per heavy atom. The third-order valence-corrected chi connectivity index (χ3v) is 4.26. The van der Waals surface area contributed by atoms with Gasteiger partial charge in [-0.25, -0.2) is 0 Å². The van der Waals surface area contributed by atoms with Crippen LogP contribution < -0.4 is 5.32 Å². The molecule has 1 aliphatic carbocycles. The monoisotopic (exact) mass is 246 g/mol. The molecule has 0 spiro atoms. The van der Waals surface area contributed by atoms with Gasteiger partial charge in [0.15, 0.2) is 0 Å². The van der Waals surface area contributed by atoms with Gasteiger partial charge >= 0.3 is 0 Å². The second kappa shape index (κ2) is 6.23. The normalized spacial score (nSPS) is 29.2. The molecule has 1 unspecified atom stereocenters. The topological polar surface area (TPSA) is 15.3 Å². The van der Waals surface area contributed by atoms with Gasteiger partial charge in [0, 0.05) is 13.1 Å². The van der Waals surface area contributed by atoms with Crippen molar-refractivity contribution in [2.24, 2.45) is 11.3 Å². The summed E-state index contributed by atoms with van der Waals surface area (Å²) >= 11 is 0. The van der Waals surface area contributed by atoms with Crippen molar-refractivity contribution >= 4 is 12.4 Å². The molecular formula is C13H27ClN2. The van der Waals surface area contributed by atoms with Crippen LogP contribution in [-0.4, -0.2) is 38.1 Å². The van der Waals surface area contributed by atoms with Crippen molar-refractivity contribution in [1.29, 1.82) is 0 Å². The zero-order valence-corrected chi connectivity index (χ0v) is 11.6. The summed E-state index contributed by atoms with van der Waals surface area (Å²) in [7, 11) is 2.08. The first-order chi connectivity index (χ1) is 7.22. The first-order valence-corrected chi connectivity index (χ1v) is 6.59. The molecular weight excluding hydrogens is 220 g/mol. The van der Waals surface area contributed by atoms with Gasteiger partial charge in [-0.15, -0.1) is 12.4 Å². The van der Waals surface area contributed by atoms with Gasteiger partial charge in [-0.3, -0.25) is 0 Å². The number of nitrogens with zero attached hydrogens (tertiary/aromatic N) is 1. The molecule has 1 heterocycles. The lowest BCUT2D eigenvalue weighted by atomic mass is 9.70. The number of hydrogen-bond donors (Lipinski definition) is 1. The second-order valence-corrected chi connectivity index (χ2v) is 5.97. The molecule has 0 aromatic heterocycles. The third-order valence-electron chi connectivity index (χ3n) is 4.26. The van der Waals surface area contributed by atoms with Gasteiger partial charge in [-0.1, -0.05) is 13.3 Å². The Hall–Kier alpha value is 0.210. The van der Waals surface area contributed by atoms with Crippen LogP contribution in [0.4, 0.5) is 0 Å². The van der Waals surface area contributed by atoms with Crippen molar-refractivity contribution < 1.29 is 0 Å². The molecule has 16 heavy (non-hydrogen) atoms. The quantitative estimate of drug-likeness (QED) is 0.820. The van der Waals surface area contributed by atoms with Gasteiger partial charge in [0.05, 0.1) is 0 Å². The molecule has 2 fully saturated rings. The first kappa shape index (κ1) is 14.3. The Bertz CT molecular complexity index is 202. The number of likely N-dealkylation sites (tertiary alicyclic amines) is 1. The molecule has 0 aromatic carbocycles. The fourth-order valence-corrected chi connectivity index (χ4v) is 3.23. The summed E-state index contributed by atoms with van der Waals surface area (Å²) in [4.78, 5) is 2.71. The predicted octanol–water partition coefficient (Wildman–Crippen LogP) is 2.53. The van der Waals surface area contributed by atoms with E-state index in [0.29, 0.717) is 5.41 Å². The smallest absolute Gasteiger partial charge is 0.00354 e. The molecule has 96 valence electrons. The summed E-state index contributed by atoms with van der Waals surface area (Å²) in [6.45, 7) is 7.70. The first-order valence-electron chi connectivity index (χ1n) is 6.59. The molecule has 2 aliphatic rings. The van der Waals surface area contributed by atoms with Crippen LogP contribution in [0, 0.1) is 11.3 Å². The highest BCUT2D eigenvalue weighted by atomic mass is 35.5. The fourth-order valence-electron chi connectivity index (χ4n) is 3.23. The lowest BCUT2D eigenvalue weighted by Gasteiger charge is -2.44. The van der Waals surface area contributed by atoms with Gasteiger partial charge < -0.3 is 10.2 Å². The van der Waals surface area contributed by atoms with E-state index in [1.54, 1.807) is 0 Å². The van der Waals surface area contributed by atoms with Crippen LogP contribution in [0.15, 0.2) is 0 Å². The van der Waals surface area contributed by atoms with Crippen LogP contribution in [0.3, 0.4) is 0 Å². The van der Waals surface area contributed by atoms with E-state index in [1.165, 1.54) is 58.3 Å². The van der Waals surface area contributed by atoms with Gasteiger partial charge in [-0.2, -0.15) is 0 Å². The van der Waals surface area contributed by atoms with Crippen LogP contribution in [-0.2, 0) is 0 Å². The van der Waals surface area contributed by atoms with Crippen molar-refractivity contribution in [3.05, 3.63) is 0 Å². The van der Waals surface area contributed by atoms with Crippen molar-refractivity contribution in [3.8, 4) is 0 Å². The molecule has 0 amide bonds. The minimum absolute atomic E-state index is 0. The van der Waals surface area contributed by atoms with Gasteiger partial charge in [0.1, 0.15) is 0 Å². The number of rotatable bonds is 4. The highest BCUT2D eigenvalue weighted by Crippen LogP contribution is 2.41. The second-order valence-electron chi connectivity index (χ2n) is 5.97. The van der Waals surface area contributed by atoms with Crippen molar-refractivity contribution in [2.45, 2.75) is 39.0 Å². The minimum atomic E-state index is 0. The lowest BCUT2D eigenvalue weighted by molar-refractivity contribution is 0.0594. The summed E-state index contributed by atoms with van der Waals surface area (Å²) in [5.41, 5.74) is 0.668. The molecule has 1 aliphatic heterocycles.